The maximum atomic E-state index is 14.0. The standard InChI is InChI=1S/C48H53N5O6/c1-3-57-48(55)46-39(16-10-30-58-43-17-8-12-33-11-4-5-13-37(33)43)38-14-9-15-40-44-41(49-50(2)42(44)32-56-29-7-6-24-53(46)45(38)40)31-59-36-22-20-35(21-23-36)51-25-27-52(28-26-51)47(54)34-18-19-34/h4-5,8-9,11-15,17,20-23,34H,3,6-7,10,16,18-19,24-32H2,1-2H3. The van der Waals surface area contributed by atoms with Gasteiger partial charge in [-0.25, -0.2) is 4.79 Å². The van der Waals surface area contributed by atoms with Crippen LogP contribution in [0.1, 0.15) is 66.5 Å². The van der Waals surface area contributed by atoms with Gasteiger partial charge in [-0.3, -0.25) is 9.48 Å². The second kappa shape index (κ2) is 17.2. The fraction of sp³-hybridized carbons (Fsp3) is 0.396. The summed E-state index contributed by atoms with van der Waals surface area (Å²) in [6.07, 6.45) is 5.16. The highest BCUT2D eigenvalue weighted by Gasteiger charge is 2.35. The first-order chi connectivity index (χ1) is 29.0. The molecule has 11 nitrogen and oxygen atoms in total. The number of fused-ring (bicyclic) bond motifs is 3. The molecule has 1 saturated carbocycles. The Bertz CT molecular complexity index is 2450. The van der Waals surface area contributed by atoms with Crippen LogP contribution in [0.3, 0.4) is 0 Å². The summed E-state index contributed by atoms with van der Waals surface area (Å²) in [4.78, 5) is 30.9. The molecule has 9 rings (SSSR count). The number of aryl methyl sites for hydroxylation is 3. The van der Waals surface area contributed by atoms with Crippen LogP contribution in [0, 0.1) is 5.92 Å². The number of ether oxygens (including phenoxy) is 4. The Hall–Kier alpha value is -5.81. The van der Waals surface area contributed by atoms with Gasteiger partial charge in [-0.2, -0.15) is 5.10 Å². The highest BCUT2D eigenvalue weighted by Crippen LogP contribution is 2.40. The van der Waals surface area contributed by atoms with Gasteiger partial charge in [0, 0.05) is 79.9 Å². The number of carbonyl (C=O) groups excluding carboxylic acids is 2. The quantitative estimate of drug-likeness (QED) is 0.0901. The zero-order chi connectivity index (χ0) is 40.3. The van der Waals surface area contributed by atoms with Gasteiger partial charge in [0.15, 0.2) is 0 Å². The Labute approximate surface area is 345 Å². The molecule has 1 aliphatic carbocycles. The van der Waals surface area contributed by atoms with Crippen molar-refractivity contribution in [2.45, 2.75) is 65.2 Å². The molecule has 6 aromatic rings. The first-order valence-corrected chi connectivity index (χ1v) is 21.3. The second-order valence-corrected chi connectivity index (χ2v) is 15.9. The Morgan fingerprint density at radius 3 is 2.44 bits per heavy atom. The van der Waals surface area contributed by atoms with Gasteiger partial charge in [-0.15, -0.1) is 0 Å². The van der Waals surface area contributed by atoms with Crippen molar-refractivity contribution in [3.8, 4) is 22.6 Å². The summed E-state index contributed by atoms with van der Waals surface area (Å²) in [6, 6.07) is 29.0. The van der Waals surface area contributed by atoms with Crippen molar-refractivity contribution in [2.75, 3.05) is 50.9 Å². The van der Waals surface area contributed by atoms with Crippen molar-refractivity contribution >= 4 is 39.2 Å². The normalized spacial score (nSPS) is 15.8. The van der Waals surface area contributed by atoms with Crippen LogP contribution < -0.4 is 14.4 Å². The summed E-state index contributed by atoms with van der Waals surface area (Å²) in [6.45, 7) is 7.75. The van der Waals surface area contributed by atoms with E-state index in [2.05, 4.69) is 58.0 Å². The van der Waals surface area contributed by atoms with Crippen LogP contribution >= 0.6 is 0 Å². The molecule has 0 bridgehead atoms. The summed E-state index contributed by atoms with van der Waals surface area (Å²) in [5, 5.41) is 8.29. The SMILES string of the molecule is CCOC(=O)c1c(CCCOc2cccc3ccccc23)c2cccc3c2n1CCCCOCc1c-3c(COc2ccc(N3CCN(C(=O)C4CC4)CC3)cc2)nn1C. The van der Waals surface area contributed by atoms with Gasteiger partial charge in [-0.1, -0.05) is 54.6 Å². The van der Waals surface area contributed by atoms with E-state index in [-0.39, 0.29) is 25.1 Å². The van der Waals surface area contributed by atoms with Crippen molar-refractivity contribution in [1.82, 2.24) is 19.2 Å². The van der Waals surface area contributed by atoms with E-state index in [0.717, 1.165) is 125 Å². The lowest BCUT2D eigenvalue weighted by Gasteiger charge is -2.36. The number of anilines is 1. The third-order valence-corrected chi connectivity index (χ3v) is 12.0. The Morgan fingerprint density at radius 1 is 0.847 bits per heavy atom. The van der Waals surface area contributed by atoms with Gasteiger partial charge >= 0.3 is 5.97 Å². The van der Waals surface area contributed by atoms with Gasteiger partial charge in [-0.05, 0) is 86.7 Å². The van der Waals surface area contributed by atoms with Crippen LogP contribution in [-0.4, -0.2) is 77.1 Å². The minimum absolute atomic E-state index is 0.255. The lowest BCUT2D eigenvalue weighted by atomic mass is 9.98. The summed E-state index contributed by atoms with van der Waals surface area (Å²) in [7, 11) is 1.96. The highest BCUT2D eigenvalue weighted by molar-refractivity contribution is 6.05. The summed E-state index contributed by atoms with van der Waals surface area (Å²) >= 11 is 0. The molecule has 1 amide bonds. The lowest BCUT2D eigenvalue weighted by molar-refractivity contribution is -0.132. The summed E-state index contributed by atoms with van der Waals surface area (Å²) in [5.41, 5.74) is 7.44. The molecular weight excluding hydrogens is 743 g/mol. The molecule has 11 heteroatoms. The van der Waals surface area contributed by atoms with Crippen molar-refractivity contribution in [3.05, 3.63) is 108 Å². The maximum Gasteiger partial charge on any atom is 0.355 e. The smallest absolute Gasteiger partial charge is 0.355 e. The molecule has 0 atom stereocenters. The fourth-order valence-corrected chi connectivity index (χ4v) is 8.86. The van der Waals surface area contributed by atoms with Crippen LogP contribution in [-0.2, 0) is 47.5 Å². The Kier molecular flexibility index (Phi) is 11.3. The monoisotopic (exact) mass is 795 g/mol. The zero-order valence-electron chi connectivity index (χ0n) is 34.2. The number of hydrogen-bond acceptors (Lipinski definition) is 8. The Morgan fingerprint density at radius 2 is 1.63 bits per heavy atom. The van der Waals surface area contributed by atoms with E-state index in [0.29, 0.717) is 44.4 Å². The molecule has 4 heterocycles. The molecule has 2 aliphatic heterocycles. The maximum absolute atomic E-state index is 14.0. The summed E-state index contributed by atoms with van der Waals surface area (Å²) < 4.78 is 29.0. The van der Waals surface area contributed by atoms with Crippen LogP contribution in [0.25, 0.3) is 32.8 Å². The number of rotatable bonds is 12. The second-order valence-electron chi connectivity index (χ2n) is 15.9. The molecule has 3 aliphatic rings. The number of esters is 1. The van der Waals surface area contributed by atoms with Crippen molar-refractivity contribution in [2.24, 2.45) is 13.0 Å². The van der Waals surface area contributed by atoms with E-state index in [1.54, 1.807) is 0 Å². The van der Waals surface area contributed by atoms with E-state index in [4.69, 9.17) is 24.0 Å². The van der Waals surface area contributed by atoms with Crippen molar-refractivity contribution in [3.63, 3.8) is 0 Å². The van der Waals surface area contributed by atoms with E-state index in [1.807, 2.05) is 60.0 Å². The summed E-state index contributed by atoms with van der Waals surface area (Å²) in [5.74, 6) is 1.90. The molecule has 306 valence electrons. The highest BCUT2D eigenvalue weighted by atomic mass is 16.5. The molecule has 59 heavy (non-hydrogen) atoms. The number of nitrogens with zero attached hydrogens (tertiary/aromatic N) is 5. The number of carbonyl (C=O) groups is 2. The number of aromatic nitrogens is 3. The van der Waals surface area contributed by atoms with E-state index in [1.165, 1.54) is 0 Å². The third-order valence-electron chi connectivity index (χ3n) is 12.0. The van der Waals surface area contributed by atoms with Gasteiger partial charge < -0.3 is 33.3 Å². The Balaban J connectivity index is 0.999. The third kappa shape index (κ3) is 8.00. The van der Waals surface area contributed by atoms with Gasteiger partial charge in [0.05, 0.1) is 31.0 Å². The van der Waals surface area contributed by atoms with Gasteiger partial charge in [0.2, 0.25) is 5.91 Å². The number of piperazine rings is 1. The van der Waals surface area contributed by atoms with Crippen molar-refractivity contribution in [1.29, 1.82) is 0 Å². The predicted octanol–water partition coefficient (Wildman–Crippen LogP) is 8.33. The number of para-hydroxylation sites is 1. The molecule has 2 aromatic heterocycles. The molecule has 0 unspecified atom stereocenters. The minimum Gasteiger partial charge on any atom is -0.493 e. The number of benzene rings is 4. The molecule has 1 saturated heterocycles. The van der Waals surface area contributed by atoms with Crippen LogP contribution in [0.4, 0.5) is 5.69 Å². The van der Waals surface area contributed by atoms with Gasteiger partial charge in [0.1, 0.15) is 29.5 Å². The van der Waals surface area contributed by atoms with Crippen LogP contribution in [0.15, 0.2) is 84.9 Å². The molecule has 4 aromatic carbocycles. The molecule has 0 N–H and O–H groups in total. The van der Waals surface area contributed by atoms with Crippen LogP contribution in [0.2, 0.25) is 0 Å². The first-order valence-electron chi connectivity index (χ1n) is 21.3. The van der Waals surface area contributed by atoms with Crippen molar-refractivity contribution < 1.29 is 28.5 Å². The van der Waals surface area contributed by atoms with E-state index >= 15 is 0 Å². The fourth-order valence-electron chi connectivity index (χ4n) is 8.86. The van der Waals surface area contributed by atoms with Crippen LogP contribution in [0.5, 0.6) is 11.5 Å². The number of amides is 1. The van der Waals surface area contributed by atoms with E-state index < -0.39 is 0 Å². The lowest BCUT2D eigenvalue weighted by Crippen LogP contribution is -2.49. The molecular formula is C48H53N5O6. The zero-order valence-corrected chi connectivity index (χ0v) is 34.2. The molecule has 2 fully saturated rings. The topological polar surface area (TPSA) is 100 Å². The molecule has 0 radical (unpaired) electrons. The minimum atomic E-state index is -0.308. The average molecular weight is 796 g/mol. The van der Waals surface area contributed by atoms with E-state index in [9.17, 15) is 9.59 Å². The first kappa shape index (κ1) is 38.7. The van der Waals surface area contributed by atoms with Gasteiger partial charge in [0.25, 0.3) is 0 Å². The predicted molar refractivity (Wildman–Crippen MR) is 229 cm³/mol. The average Bonchev–Trinajstić information content (AvgIpc) is 4.01. The number of hydrogen-bond donors (Lipinski definition) is 0. The largest absolute Gasteiger partial charge is 0.493 e. The molecule has 0 spiro atoms.